The maximum atomic E-state index is 10.4. The molecule has 124 valence electrons. The highest BCUT2D eigenvalue weighted by atomic mass is 16.5. The van der Waals surface area contributed by atoms with Gasteiger partial charge in [0.15, 0.2) is 0 Å². The standard InChI is InChI=1S/C20H22N2O2/c1-20(2,23)13-9-8-12-10-17-18(19(24-3)14(12)11-13)22-16-7-5-4-6-15(16)21-17/h4-7,10,13,23H,8-9,11H2,1-3H3/t13-/m0/s1. The average molecular weight is 322 g/mol. The Hall–Kier alpha value is -2.20. The van der Waals surface area contributed by atoms with E-state index in [4.69, 9.17) is 14.7 Å². The third-order valence-electron chi connectivity index (χ3n) is 5.20. The summed E-state index contributed by atoms with van der Waals surface area (Å²) in [4.78, 5) is 9.56. The molecule has 0 fully saturated rings. The molecule has 1 aliphatic carbocycles. The van der Waals surface area contributed by atoms with Gasteiger partial charge >= 0.3 is 0 Å². The first-order valence-corrected chi connectivity index (χ1v) is 8.45. The Morgan fingerprint density at radius 1 is 1.12 bits per heavy atom. The minimum atomic E-state index is -0.688. The van der Waals surface area contributed by atoms with Gasteiger partial charge in [0.25, 0.3) is 0 Å². The van der Waals surface area contributed by atoms with Gasteiger partial charge in [0.2, 0.25) is 0 Å². The molecule has 1 aromatic heterocycles. The second kappa shape index (κ2) is 5.42. The number of aliphatic hydroxyl groups is 1. The van der Waals surface area contributed by atoms with Gasteiger partial charge in [0.05, 0.1) is 29.3 Å². The van der Waals surface area contributed by atoms with E-state index in [1.165, 1.54) is 11.1 Å². The molecule has 3 aromatic rings. The Kier molecular flexibility index (Phi) is 3.46. The highest BCUT2D eigenvalue weighted by Gasteiger charge is 2.32. The lowest BCUT2D eigenvalue weighted by atomic mass is 9.75. The van der Waals surface area contributed by atoms with Gasteiger partial charge in [-0.3, -0.25) is 0 Å². The van der Waals surface area contributed by atoms with Crippen LogP contribution >= 0.6 is 0 Å². The molecular weight excluding hydrogens is 300 g/mol. The van der Waals surface area contributed by atoms with Crippen LogP contribution in [-0.4, -0.2) is 27.8 Å². The van der Waals surface area contributed by atoms with Crippen molar-refractivity contribution in [1.29, 1.82) is 0 Å². The summed E-state index contributed by atoms with van der Waals surface area (Å²) in [6.07, 6.45) is 2.73. The summed E-state index contributed by atoms with van der Waals surface area (Å²) in [5.74, 6) is 1.04. The smallest absolute Gasteiger partial charge is 0.150 e. The van der Waals surface area contributed by atoms with E-state index in [9.17, 15) is 5.11 Å². The number of aryl methyl sites for hydroxylation is 1. The monoisotopic (exact) mass is 322 g/mol. The number of benzene rings is 2. The zero-order valence-corrected chi connectivity index (χ0v) is 14.3. The summed E-state index contributed by atoms with van der Waals surface area (Å²) in [5.41, 5.74) is 5.22. The molecular formula is C20H22N2O2. The molecule has 0 amide bonds. The van der Waals surface area contributed by atoms with E-state index in [-0.39, 0.29) is 5.92 Å². The van der Waals surface area contributed by atoms with Gasteiger partial charge < -0.3 is 9.84 Å². The number of hydrogen-bond donors (Lipinski definition) is 1. The molecule has 0 saturated heterocycles. The van der Waals surface area contributed by atoms with Gasteiger partial charge in [-0.2, -0.15) is 0 Å². The van der Waals surface area contributed by atoms with E-state index >= 15 is 0 Å². The van der Waals surface area contributed by atoms with Crippen molar-refractivity contribution in [2.45, 2.75) is 38.7 Å². The van der Waals surface area contributed by atoms with E-state index in [1.54, 1.807) is 7.11 Å². The molecule has 0 radical (unpaired) electrons. The number of fused-ring (bicyclic) bond motifs is 3. The summed E-state index contributed by atoms with van der Waals surface area (Å²) in [5, 5.41) is 10.4. The van der Waals surface area contributed by atoms with Gasteiger partial charge in [0.1, 0.15) is 11.3 Å². The number of rotatable bonds is 2. The summed E-state index contributed by atoms with van der Waals surface area (Å²) >= 11 is 0. The quantitative estimate of drug-likeness (QED) is 0.732. The molecule has 2 aromatic carbocycles. The molecule has 1 N–H and O–H groups in total. The van der Waals surface area contributed by atoms with Crippen molar-refractivity contribution in [2.24, 2.45) is 5.92 Å². The van der Waals surface area contributed by atoms with Gasteiger partial charge in [0, 0.05) is 5.56 Å². The molecule has 1 atom stereocenters. The van der Waals surface area contributed by atoms with E-state index in [0.29, 0.717) is 0 Å². The fraction of sp³-hybridized carbons (Fsp3) is 0.400. The SMILES string of the molecule is COc1c2c(cc3nc4ccccc4nc13)CC[C@H](C(C)(C)O)C2. The summed E-state index contributed by atoms with van der Waals surface area (Å²) in [6.45, 7) is 3.78. The first-order valence-electron chi connectivity index (χ1n) is 8.45. The van der Waals surface area contributed by atoms with Crippen LogP contribution in [0.4, 0.5) is 0 Å². The Morgan fingerprint density at radius 2 is 1.83 bits per heavy atom. The van der Waals surface area contributed by atoms with Crippen LogP contribution in [0.15, 0.2) is 30.3 Å². The predicted molar refractivity (Wildman–Crippen MR) is 95.4 cm³/mol. The summed E-state index contributed by atoms with van der Waals surface area (Å²) in [7, 11) is 1.69. The number of hydrogen-bond acceptors (Lipinski definition) is 4. The topological polar surface area (TPSA) is 55.2 Å². The number of para-hydroxylation sites is 2. The number of nitrogens with zero attached hydrogens (tertiary/aromatic N) is 2. The van der Waals surface area contributed by atoms with Gasteiger partial charge in [-0.05, 0) is 62.8 Å². The van der Waals surface area contributed by atoms with Gasteiger partial charge in [-0.15, -0.1) is 0 Å². The third kappa shape index (κ3) is 2.42. The lowest BCUT2D eigenvalue weighted by Gasteiger charge is -2.34. The highest BCUT2D eigenvalue weighted by Crippen LogP contribution is 2.40. The number of methoxy groups -OCH3 is 1. The molecule has 0 saturated carbocycles. The maximum Gasteiger partial charge on any atom is 0.150 e. The third-order valence-corrected chi connectivity index (χ3v) is 5.20. The largest absolute Gasteiger partial charge is 0.494 e. The lowest BCUT2D eigenvalue weighted by Crippen LogP contribution is -2.35. The van der Waals surface area contributed by atoms with Gasteiger partial charge in [-0.25, -0.2) is 9.97 Å². The van der Waals surface area contributed by atoms with Crippen LogP contribution in [-0.2, 0) is 12.8 Å². The number of ether oxygens (including phenoxy) is 1. The van der Waals surface area contributed by atoms with E-state index in [1.807, 2.05) is 38.1 Å². The van der Waals surface area contributed by atoms with Crippen LogP contribution in [0, 0.1) is 5.92 Å². The van der Waals surface area contributed by atoms with Crippen LogP contribution in [0.1, 0.15) is 31.4 Å². The van der Waals surface area contributed by atoms with Crippen LogP contribution in [0.3, 0.4) is 0 Å². The van der Waals surface area contributed by atoms with Crippen LogP contribution in [0.25, 0.3) is 22.1 Å². The Bertz CT molecular complexity index is 928. The van der Waals surface area contributed by atoms with Crippen molar-refractivity contribution in [3.8, 4) is 5.75 Å². The van der Waals surface area contributed by atoms with Crippen molar-refractivity contribution < 1.29 is 9.84 Å². The first-order chi connectivity index (χ1) is 11.5. The van der Waals surface area contributed by atoms with Crippen LogP contribution in [0.5, 0.6) is 5.75 Å². The molecule has 1 heterocycles. The van der Waals surface area contributed by atoms with E-state index in [0.717, 1.165) is 47.1 Å². The first kappa shape index (κ1) is 15.3. The highest BCUT2D eigenvalue weighted by molar-refractivity contribution is 5.91. The molecule has 0 aliphatic heterocycles. The Labute approximate surface area is 141 Å². The van der Waals surface area contributed by atoms with Crippen molar-refractivity contribution in [2.75, 3.05) is 7.11 Å². The van der Waals surface area contributed by atoms with Crippen LogP contribution < -0.4 is 4.74 Å². The van der Waals surface area contributed by atoms with Crippen molar-refractivity contribution in [3.63, 3.8) is 0 Å². The second-order valence-electron chi connectivity index (χ2n) is 7.22. The molecule has 0 spiro atoms. The van der Waals surface area contributed by atoms with Crippen molar-refractivity contribution in [1.82, 2.24) is 9.97 Å². The zero-order chi connectivity index (χ0) is 16.9. The van der Waals surface area contributed by atoms with Crippen molar-refractivity contribution >= 4 is 22.1 Å². The molecule has 4 rings (SSSR count). The fourth-order valence-corrected chi connectivity index (χ4v) is 3.77. The Morgan fingerprint density at radius 3 is 2.50 bits per heavy atom. The summed E-state index contributed by atoms with van der Waals surface area (Å²) < 4.78 is 5.75. The molecule has 1 aliphatic rings. The molecule has 24 heavy (non-hydrogen) atoms. The maximum absolute atomic E-state index is 10.4. The minimum Gasteiger partial charge on any atom is -0.494 e. The summed E-state index contributed by atoms with van der Waals surface area (Å²) in [6, 6.07) is 10.1. The van der Waals surface area contributed by atoms with Gasteiger partial charge in [-0.1, -0.05) is 12.1 Å². The normalized spacial score (nSPS) is 17.9. The molecule has 4 heteroatoms. The second-order valence-corrected chi connectivity index (χ2v) is 7.22. The predicted octanol–water partition coefficient (Wildman–Crippen LogP) is 3.67. The molecule has 4 nitrogen and oxygen atoms in total. The zero-order valence-electron chi connectivity index (χ0n) is 14.3. The minimum absolute atomic E-state index is 0.227. The fourth-order valence-electron chi connectivity index (χ4n) is 3.77. The lowest BCUT2D eigenvalue weighted by molar-refractivity contribution is 0.0108. The molecule has 0 bridgehead atoms. The van der Waals surface area contributed by atoms with Crippen LogP contribution in [0.2, 0.25) is 0 Å². The average Bonchev–Trinajstić information content (AvgIpc) is 2.56. The van der Waals surface area contributed by atoms with Crippen molar-refractivity contribution in [3.05, 3.63) is 41.5 Å². The van der Waals surface area contributed by atoms with E-state index in [2.05, 4.69) is 6.07 Å². The molecule has 0 unspecified atom stereocenters. The Balaban J connectivity index is 1.95. The van der Waals surface area contributed by atoms with E-state index < -0.39 is 5.60 Å². The number of aromatic nitrogens is 2.